The van der Waals surface area contributed by atoms with E-state index in [1.54, 1.807) is 12.1 Å². The summed E-state index contributed by atoms with van der Waals surface area (Å²) in [4.78, 5) is 23.9. The van der Waals surface area contributed by atoms with Gasteiger partial charge in [-0.3, -0.25) is 4.79 Å². The summed E-state index contributed by atoms with van der Waals surface area (Å²) in [7, 11) is 0. The molecule has 2 aromatic rings. The van der Waals surface area contributed by atoms with E-state index in [9.17, 15) is 18.4 Å². The average Bonchev–Trinajstić information content (AvgIpc) is 2.63. The molecule has 1 atom stereocenters. The van der Waals surface area contributed by atoms with Gasteiger partial charge in [-0.15, -0.1) is 0 Å². The SMILES string of the molecule is CC(C)c1ccccc1OCC(=O)O[C@H](C)C(=O)Nc1ccc(F)c(F)c1. The van der Waals surface area contributed by atoms with Gasteiger partial charge in [0.05, 0.1) is 0 Å². The number of rotatable bonds is 7. The van der Waals surface area contributed by atoms with Crippen molar-refractivity contribution in [2.75, 3.05) is 11.9 Å². The first kappa shape index (κ1) is 20.4. The molecule has 0 fully saturated rings. The van der Waals surface area contributed by atoms with Crippen LogP contribution in [0.3, 0.4) is 0 Å². The summed E-state index contributed by atoms with van der Waals surface area (Å²) in [5, 5.41) is 2.35. The zero-order chi connectivity index (χ0) is 20.0. The average molecular weight is 377 g/mol. The van der Waals surface area contributed by atoms with Crippen molar-refractivity contribution in [3.8, 4) is 5.75 Å². The Bertz CT molecular complexity index is 823. The lowest BCUT2D eigenvalue weighted by Gasteiger charge is -2.16. The number of nitrogens with one attached hydrogen (secondary N) is 1. The maximum atomic E-state index is 13.2. The summed E-state index contributed by atoms with van der Waals surface area (Å²) in [5.74, 6) is -2.71. The number of carbonyl (C=O) groups excluding carboxylic acids is 2. The summed E-state index contributed by atoms with van der Waals surface area (Å²) < 4.78 is 36.6. The molecule has 144 valence electrons. The molecule has 0 heterocycles. The number of hydrogen-bond acceptors (Lipinski definition) is 4. The number of amides is 1. The third-order valence-corrected chi connectivity index (χ3v) is 3.75. The number of halogens is 2. The standard InChI is InChI=1S/C20H21F2NO4/c1-12(2)15-6-4-5-7-18(15)26-11-19(24)27-13(3)20(25)23-14-8-9-16(21)17(22)10-14/h4-10,12-13H,11H2,1-3H3,(H,23,25)/t13-/m1/s1. The van der Waals surface area contributed by atoms with Gasteiger partial charge in [0, 0.05) is 11.8 Å². The number of hydrogen-bond donors (Lipinski definition) is 1. The van der Waals surface area contributed by atoms with E-state index in [-0.39, 0.29) is 18.2 Å². The number of esters is 1. The van der Waals surface area contributed by atoms with Gasteiger partial charge in [-0.05, 0) is 36.6 Å². The molecular weight excluding hydrogens is 356 g/mol. The van der Waals surface area contributed by atoms with Crippen LogP contribution >= 0.6 is 0 Å². The monoisotopic (exact) mass is 377 g/mol. The minimum Gasteiger partial charge on any atom is -0.482 e. The van der Waals surface area contributed by atoms with E-state index in [2.05, 4.69) is 5.32 Å². The third kappa shape index (κ3) is 5.77. The van der Waals surface area contributed by atoms with Crippen LogP contribution in [0.4, 0.5) is 14.5 Å². The molecule has 0 aliphatic carbocycles. The van der Waals surface area contributed by atoms with Crippen LogP contribution in [-0.2, 0) is 14.3 Å². The molecule has 1 amide bonds. The predicted octanol–water partition coefficient (Wildman–Crippen LogP) is 4.04. The molecule has 0 aromatic heterocycles. The number of anilines is 1. The molecule has 0 bridgehead atoms. The van der Waals surface area contributed by atoms with Gasteiger partial charge in [-0.2, -0.15) is 0 Å². The van der Waals surface area contributed by atoms with Crippen molar-refractivity contribution in [2.24, 2.45) is 0 Å². The Morgan fingerprint density at radius 1 is 1.04 bits per heavy atom. The first-order valence-electron chi connectivity index (χ1n) is 8.45. The number of ether oxygens (including phenoxy) is 2. The highest BCUT2D eigenvalue weighted by Crippen LogP contribution is 2.25. The Balaban J connectivity index is 1.87. The van der Waals surface area contributed by atoms with Crippen molar-refractivity contribution >= 4 is 17.6 Å². The molecule has 2 aromatic carbocycles. The fourth-order valence-corrected chi connectivity index (χ4v) is 2.33. The summed E-state index contributed by atoms with van der Waals surface area (Å²) >= 11 is 0. The minimum absolute atomic E-state index is 0.0592. The molecule has 0 unspecified atom stereocenters. The fourth-order valence-electron chi connectivity index (χ4n) is 2.33. The van der Waals surface area contributed by atoms with Crippen LogP contribution in [0.2, 0.25) is 0 Å². The van der Waals surface area contributed by atoms with Gasteiger partial charge in [0.15, 0.2) is 24.3 Å². The third-order valence-electron chi connectivity index (χ3n) is 3.75. The van der Waals surface area contributed by atoms with Crippen LogP contribution in [0.5, 0.6) is 5.75 Å². The maximum Gasteiger partial charge on any atom is 0.344 e. The maximum absolute atomic E-state index is 13.2. The van der Waals surface area contributed by atoms with Crippen LogP contribution in [0.15, 0.2) is 42.5 Å². The predicted molar refractivity (Wildman–Crippen MR) is 96.6 cm³/mol. The molecule has 2 rings (SSSR count). The van der Waals surface area contributed by atoms with Crippen LogP contribution in [0, 0.1) is 11.6 Å². The van der Waals surface area contributed by atoms with Gasteiger partial charge in [0.2, 0.25) is 0 Å². The van der Waals surface area contributed by atoms with Gasteiger partial charge in [-0.25, -0.2) is 13.6 Å². The minimum atomic E-state index is -1.13. The van der Waals surface area contributed by atoms with E-state index < -0.39 is 29.6 Å². The Morgan fingerprint density at radius 3 is 2.41 bits per heavy atom. The van der Waals surface area contributed by atoms with Crippen molar-refractivity contribution in [1.82, 2.24) is 0 Å². The molecule has 27 heavy (non-hydrogen) atoms. The van der Waals surface area contributed by atoms with E-state index in [0.29, 0.717) is 5.75 Å². The second kappa shape index (κ2) is 9.12. The summed E-state index contributed by atoms with van der Waals surface area (Å²) in [6, 6.07) is 10.3. The topological polar surface area (TPSA) is 64.6 Å². The summed E-state index contributed by atoms with van der Waals surface area (Å²) in [5.41, 5.74) is 1.01. The highest BCUT2D eigenvalue weighted by Gasteiger charge is 2.19. The van der Waals surface area contributed by atoms with Gasteiger partial charge in [0.1, 0.15) is 5.75 Å². The molecular formula is C20H21F2NO4. The van der Waals surface area contributed by atoms with Crippen molar-refractivity contribution in [3.05, 3.63) is 59.7 Å². The molecule has 0 saturated heterocycles. The normalized spacial score (nSPS) is 11.8. The Labute approximate surface area is 156 Å². The van der Waals surface area contributed by atoms with Gasteiger partial charge in [-0.1, -0.05) is 32.0 Å². The highest BCUT2D eigenvalue weighted by atomic mass is 19.2. The first-order valence-corrected chi connectivity index (χ1v) is 8.45. The second-order valence-corrected chi connectivity index (χ2v) is 6.23. The molecule has 5 nitrogen and oxygen atoms in total. The molecule has 1 N–H and O–H groups in total. The van der Waals surface area contributed by atoms with E-state index in [4.69, 9.17) is 9.47 Å². The van der Waals surface area contributed by atoms with Crippen LogP contribution in [-0.4, -0.2) is 24.6 Å². The molecule has 7 heteroatoms. The molecule has 0 radical (unpaired) electrons. The summed E-state index contributed by atoms with van der Waals surface area (Å²) in [6.07, 6.45) is -1.13. The van der Waals surface area contributed by atoms with Crippen molar-refractivity contribution in [1.29, 1.82) is 0 Å². The lowest BCUT2D eigenvalue weighted by Crippen LogP contribution is -2.31. The zero-order valence-electron chi connectivity index (χ0n) is 15.3. The van der Waals surface area contributed by atoms with Crippen LogP contribution < -0.4 is 10.1 Å². The van der Waals surface area contributed by atoms with Gasteiger partial charge in [0.25, 0.3) is 5.91 Å². The number of para-hydroxylation sites is 1. The molecule has 0 spiro atoms. The quantitative estimate of drug-likeness (QED) is 0.740. The molecule has 0 aliphatic heterocycles. The highest BCUT2D eigenvalue weighted by molar-refractivity contribution is 5.95. The van der Waals surface area contributed by atoms with Gasteiger partial charge >= 0.3 is 5.97 Å². The van der Waals surface area contributed by atoms with Crippen LogP contribution in [0.1, 0.15) is 32.3 Å². The lowest BCUT2D eigenvalue weighted by molar-refractivity contribution is -0.155. The smallest absolute Gasteiger partial charge is 0.344 e. The van der Waals surface area contributed by atoms with Crippen LogP contribution in [0.25, 0.3) is 0 Å². The van der Waals surface area contributed by atoms with E-state index in [1.807, 2.05) is 26.0 Å². The molecule has 0 aliphatic rings. The number of carbonyl (C=O) groups is 2. The second-order valence-electron chi connectivity index (χ2n) is 6.23. The summed E-state index contributed by atoms with van der Waals surface area (Å²) in [6.45, 7) is 5.03. The van der Waals surface area contributed by atoms with Crippen molar-refractivity contribution in [3.63, 3.8) is 0 Å². The van der Waals surface area contributed by atoms with E-state index >= 15 is 0 Å². The Kier molecular flexibility index (Phi) is 6.87. The largest absolute Gasteiger partial charge is 0.482 e. The Hall–Kier alpha value is -2.96. The van der Waals surface area contributed by atoms with Gasteiger partial charge < -0.3 is 14.8 Å². The van der Waals surface area contributed by atoms with Crippen molar-refractivity contribution < 1.29 is 27.8 Å². The Morgan fingerprint density at radius 2 is 1.74 bits per heavy atom. The molecule has 0 saturated carbocycles. The lowest BCUT2D eigenvalue weighted by atomic mass is 10.0. The number of benzene rings is 2. The first-order chi connectivity index (χ1) is 12.8. The van der Waals surface area contributed by atoms with E-state index in [1.165, 1.54) is 13.0 Å². The fraction of sp³-hybridized carbons (Fsp3) is 0.300. The van der Waals surface area contributed by atoms with E-state index in [0.717, 1.165) is 17.7 Å². The zero-order valence-corrected chi connectivity index (χ0v) is 15.3. The van der Waals surface area contributed by atoms with Crippen molar-refractivity contribution in [2.45, 2.75) is 32.8 Å².